The van der Waals surface area contributed by atoms with Gasteiger partial charge in [0.15, 0.2) is 0 Å². The van der Waals surface area contributed by atoms with Crippen LogP contribution < -0.4 is 5.32 Å². The number of anilines is 1. The lowest BCUT2D eigenvalue weighted by molar-refractivity contribution is -0.138. The zero-order chi connectivity index (χ0) is 15.5. The van der Waals surface area contributed by atoms with Gasteiger partial charge in [-0.05, 0) is 18.6 Å². The van der Waals surface area contributed by atoms with Crippen LogP contribution in [0.5, 0.6) is 0 Å². The molecule has 110 valence electrons. The first-order valence-corrected chi connectivity index (χ1v) is 6.63. The summed E-state index contributed by atoms with van der Waals surface area (Å²) in [6.45, 7) is 1.56. The number of rotatable bonds is 3. The van der Waals surface area contributed by atoms with Crippen molar-refractivity contribution in [1.29, 1.82) is 0 Å². The molecule has 1 heterocycles. The molecule has 0 saturated heterocycles. The number of carbonyl (C=O) groups is 1. The minimum Gasteiger partial charge on any atom is -0.297 e. The van der Waals surface area contributed by atoms with Gasteiger partial charge in [0.05, 0.1) is 0 Å². The lowest BCUT2D eigenvalue weighted by Crippen LogP contribution is -2.12. The highest BCUT2D eigenvalue weighted by Crippen LogP contribution is 2.33. The summed E-state index contributed by atoms with van der Waals surface area (Å²) in [5, 5.41) is 7.30. The van der Waals surface area contributed by atoms with Crippen molar-refractivity contribution in [3.8, 4) is 0 Å². The third kappa shape index (κ3) is 4.12. The molecule has 4 nitrogen and oxygen atoms in total. The fourth-order valence-corrected chi connectivity index (χ4v) is 2.05. The summed E-state index contributed by atoms with van der Waals surface area (Å²) in [5.41, 5.74) is 1.17. The second-order valence-electron chi connectivity index (χ2n) is 4.10. The molecule has 1 N–H and O–H groups in total. The van der Waals surface area contributed by atoms with Gasteiger partial charge in [-0.3, -0.25) is 10.1 Å². The molecule has 0 fully saturated rings. The fourth-order valence-electron chi connectivity index (χ4n) is 1.45. The molecule has 0 aliphatic heterocycles. The van der Waals surface area contributed by atoms with Crippen LogP contribution in [0.4, 0.5) is 18.3 Å². The lowest BCUT2D eigenvalue weighted by Gasteiger charge is -2.01. The van der Waals surface area contributed by atoms with E-state index in [1.165, 1.54) is 0 Å². The normalized spacial score (nSPS) is 12.3. The number of hydrogen-bond donors (Lipinski definition) is 1. The van der Waals surface area contributed by atoms with Gasteiger partial charge >= 0.3 is 6.18 Å². The first-order valence-electron chi connectivity index (χ1n) is 5.81. The van der Waals surface area contributed by atoms with Crippen molar-refractivity contribution in [2.45, 2.75) is 13.1 Å². The Labute approximate surface area is 122 Å². The highest BCUT2D eigenvalue weighted by atomic mass is 32.1. The van der Waals surface area contributed by atoms with Crippen LogP contribution in [0, 0.1) is 0 Å². The molecule has 0 saturated carbocycles. The maximum atomic E-state index is 12.4. The van der Waals surface area contributed by atoms with Crippen LogP contribution in [0.3, 0.4) is 0 Å². The number of amides is 1. The summed E-state index contributed by atoms with van der Waals surface area (Å²) < 4.78 is 37.1. The Morgan fingerprint density at radius 2 is 1.90 bits per heavy atom. The van der Waals surface area contributed by atoms with Gasteiger partial charge in [0, 0.05) is 5.57 Å². The topological polar surface area (TPSA) is 54.9 Å². The average molecular weight is 313 g/mol. The molecule has 0 radical (unpaired) electrons. The van der Waals surface area contributed by atoms with Crippen molar-refractivity contribution >= 4 is 28.5 Å². The summed E-state index contributed by atoms with van der Waals surface area (Å²) >= 11 is 0.285. The van der Waals surface area contributed by atoms with Crippen molar-refractivity contribution in [2.75, 3.05) is 5.32 Å². The van der Waals surface area contributed by atoms with E-state index in [0.717, 1.165) is 5.56 Å². The Bertz CT molecular complexity index is 665. The van der Waals surface area contributed by atoms with E-state index in [2.05, 4.69) is 15.5 Å². The van der Waals surface area contributed by atoms with Gasteiger partial charge in [-0.2, -0.15) is 13.2 Å². The van der Waals surface area contributed by atoms with Gasteiger partial charge in [-0.15, -0.1) is 10.2 Å². The number of nitrogens with one attached hydrogen (secondary N) is 1. The van der Waals surface area contributed by atoms with Crippen molar-refractivity contribution in [2.24, 2.45) is 0 Å². The Hall–Kier alpha value is -2.22. The molecule has 1 aromatic carbocycles. The van der Waals surface area contributed by atoms with Crippen LogP contribution in [0.15, 0.2) is 35.9 Å². The Morgan fingerprint density at radius 1 is 1.24 bits per heavy atom. The average Bonchev–Trinajstić information content (AvgIpc) is 2.88. The van der Waals surface area contributed by atoms with Gasteiger partial charge in [-0.1, -0.05) is 41.7 Å². The predicted molar refractivity (Wildman–Crippen MR) is 73.6 cm³/mol. The number of aromatic nitrogens is 2. The number of nitrogens with zero attached hydrogens (tertiary/aromatic N) is 2. The van der Waals surface area contributed by atoms with E-state index in [-0.39, 0.29) is 16.5 Å². The number of halogens is 3. The molecule has 0 bridgehead atoms. The fraction of sp³-hybridized carbons (Fsp3) is 0.154. The van der Waals surface area contributed by atoms with E-state index >= 15 is 0 Å². The van der Waals surface area contributed by atoms with Gasteiger partial charge in [-0.25, -0.2) is 0 Å². The molecule has 1 aromatic heterocycles. The van der Waals surface area contributed by atoms with E-state index in [0.29, 0.717) is 5.57 Å². The molecule has 2 aromatic rings. The van der Waals surface area contributed by atoms with Crippen LogP contribution in [0.25, 0.3) is 6.08 Å². The van der Waals surface area contributed by atoms with Crippen molar-refractivity contribution in [1.82, 2.24) is 10.2 Å². The lowest BCUT2D eigenvalue weighted by atomic mass is 10.1. The van der Waals surface area contributed by atoms with Gasteiger partial charge in [0.25, 0.3) is 5.91 Å². The van der Waals surface area contributed by atoms with Crippen molar-refractivity contribution in [3.63, 3.8) is 0 Å². The van der Waals surface area contributed by atoms with E-state index in [1.807, 2.05) is 30.3 Å². The van der Waals surface area contributed by atoms with Crippen molar-refractivity contribution < 1.29 is 18.0 Å². The van der Waals surface area contributed by atoms with E-state index in [9.17, 15) is 18.0 Å². The van der Waals surface area contributed by atoms with Crippen LogP contribution in [0.2, 0.25) is 0 Å². The molecular formula is C13H10F3N3OS. The van der Waals surface area contributed by atoms with Crippen molar-refractivity contribution in [3.05, 3.63) is 46.5 Å². The summed E-state index contributed by atoms with van der Waals surface area (Å²) in [4.78, 5) is 11.9. The standard InChI is InChI=1S/C13H10F3N3OS/c1-8(7-9-5-3-2-4-6-9)10(20)17-12-19-18-11(21-12)13(14,15)16/h2-7H,1H3,(H,17,19,20)/b8-7-. The minimum atomic E-state index is -4.56. The summed E-state index contributed by atoms with van der Waals surface area (Å²) in [6.07, 6.45) is -2.93. The van der Waals surface area contributed by atoms with Crippen LogP contribution in [-0.2, 0) is 11.0 Å². The van der Waals surface area contributed by atoms with Crippen LogP contribution in [-0.4, -0.2) is 16.1 Å². The molecule has 1 amide bonds. The Balaban J connectivity index is 2.08. The quantitative estimate of drug-likeness (QED) is 0.881. The molecule has 0 aliphatic carbocycles. The largest absolute Gasteiger partial charge is 0.445 e. The molecule has 0 atom stereocenters. The highest BCUT2D eigenvalue weighted by molar-refractivity contribution is 7.15. The second kappa shape index (κ2) is 6.04. The first-order chi connectivity index (χ1) is 9.86. The number of carbonyl (C=O) groups excluding carboxylic acids is 1. The Kier molecular flexibility index (Phi) is 4.37. The molecule has 2 rings (SSSR count). The molecule has 0 aliphatic rings. The smallest absolute Gasteiger partial charge is 0.297 e. The van der Waals surface area contributed by atoms with Gasteiger partial charge < -0.3 is 0 Å². The van der Waals surface area contributed by atoms with Crippen LogP contribution in [0.1, 0.15) is 17.5 Å². The zero-order valence-electron chi connectivity index (χ0n) is 10.8. The monoisotopic (exact) mass is 313 g/mol. The van der Waals surface area contributed by atoms with Gasteiger partial charge in [0.2, 0.25) is 10.1 Å². The number of hydrogen-bond acceptors (Lipinski definition) is 4. The molecule has 8 heteroatoms. The maximum Gasteiger partial charge on any atom is 0.445 e. The minimum absolute atomic E-state index is 0.187. The zero-order valence-corrected chi connectivity index (χ0v) is 11.6. The number of benzene rings is 1. The van der Waals surface area contributed by atoms with Gasteiger partial charge in [0.1, 0.15) is 0 Å². The summed E-state index contributed by atoms with van der Waals surface area (Å²) in [5.74, 6) is -0.524. The third-order valence-electron chi connectivity index (χ3n) is 2.43. The third-order valence-corrected chi connectivity index (χ3v) is 3.31. The Morgan fingerprint density at radius 3 is 2.48 bits per heavy atom. The number of alkyl halides is 3. The first kappa shape index (κ1) is 15.2. The second-order valence-corrected chi connectivity index (χ2v) is 5.08. The predicted octanol–water partition coefficient (Wildman–Crippen LogP) is 3.60. The maximum absolute atomic E-state index is 12.4. The molecular weight excluding hydrogens is 303 g/mol. The van der Waals surface area contributed by atoms with E-state index in [4.69, 9.17) is 0 Å². The molecule has 21 heavy (non-hydrogen) atoms. The SMILES string of the molecule is C/C(=C/c1ccccc1)C(=O)Nc1nnc(C(F)(F)F)s1. The van der Waals surface area contributed by atoms with Crippen LogP contribution >= 0.6 is 11.3 Å². The summed E-state index contributed by atoms with van der Waals surface area (Å²) in [7, 11) is 0. The molecule has 0 unspecified atom stereocenters. The summed E-state index contributed by atoms with van der Waals surface area (Å²) in [6, 6.07) is 9.09. The van der Waals surface area contributed by atoms with E-state index < -0.39 is 17.1 Å². The molecule has 0 spiro atoms. The highest BCUT2D eigenvalue weighted by Gasteiger charge is 2.35. The van der Waals surface area contributed by atoms with E-state index in [1.54, 1.807) is 13.0 Å².